The number of likely N-dealkylation sites (N-methyl/N-ethyl adjacent to an activating group) is 1. The zero-order valence-electron chi connectivity index (χ0n) is 22.2. The van der Waals surface area contributed by atoms with Crippen molar-refractivity contribution in [1.82, 2.24) is 29.3 Å². The summed E-state index contributed by atoms with van der Waals surface area (Å²) >= 11 is 0. The molecule has 2 aromatic heterocycles. The lowest BCUT2D eigenvalue weighted by molar-refractivity contribution is 0.133. The van der Waals surface area contributed by atoms with E-state index in [0.29, 0.717) is 24.5 Å². The number of aryl methyl sites for hydroxylation is 1. The Morgan fingerprint density at radius 1 is 0.973 bits per heavy atom. The number of aromatic nitrogens is 4. The Balaban J connectivity index is 1.42. The lowest BCUT2D eigenvalue weighted by Gasteiger charge is -2.32. The maximum atomic E-state index is 6.13. The Bertz CT molecular complexity index is 1330. The minimum absolute atomic E-state index is 0.00941. The van der Waals surface area contributed by atoms with Gasteiger partial charge in [0.15, 0.2) is 11.2 Å². The molecule has 2 aromatic carbocycles. The Labute approximate surface area is 218 Å². The van der Waals surface area contributed by atoms with E-state index in [1.165, 1.54) is 5.56 Å². The summed E-state index contributed by atoms with van der Waals surface area (Å²) in [5.74, 6) is 2.23. The molecule has 0 radical (unpaired) electrons. The van der Waals surface area contributed by atoms with E-state index in [1.54, 1.807) is 6.33 Å². The van der Waals surface area contributed by atoms with Gasteiger partial charge in [-0.15, -0.1) is 0 Å². The zero-order chi connectivity index (χ0) is 25.8. The number of rotatable bonds is 9. The summed E-state index contributed by atoms with van der Waals surface area (Å²) in [5.41, 5.74) is 4.75. The third-order valence-electron chi connectivity index (χ3n) is 6.74. The second-order valence-corrected chi connectivity index (χ2v) is 9.99. The molecule has 0 saturated carbocycles. The SMILES string of the molecule is Cc1cc(OCCN2CCN(C)CC2)ccc1-c1nc2c(OC(C)C)ncnc2n1Cc1ccccc1. The number of nitrogens with zero attached hydrogens (tertiary/aromatic N) is 6. The summed E-state index contributed by atoms with van der Waals surface area (Å²) in [6.07, 6.45) is 1.54. The van der Waals surface area contributed by atoms with Crippen LogP contribution in [0.3, 0.4) is 0 Å². The third-order valence-corrected chi connectivity index (χ3v) is 6.74. The molecule has 0 N–H and O–H groups in total. The van der Waals surface area contributed by atoms with Crippen LogP contribution < -0.4 is 9.47 Å². The largest absolute Gasteiger partial charge is 0.492 e. The molecule has 1 aliphatic rings. The smallest absolute Gasteiger partial charge is 0.245 e. The molecular weight excluding hydrogens is 464 g/mol. The van der Waals surface area contributed by atoms with E-state index in [2.05, 4.69) is 74.7 Å². The first-order valence-corrected chi connectivity index (χ1v) is 13.0. The molecule has 37 heavy (non-hydrogen) atoms. The third kappa shape index (κ3) is 5.92. The summed E-state index contributed by atoms with van der Waals surface area (Å²) in [6, 6.07) is 16.6. The van der Waals surface area contributed by atoms with Gasteiger partial charge in [0.05, 0.1) is 12.6 Å². The fourth-order valence-electron chi connectivity index (χ4n) is 4.69. The molecule has 1 aliphatic heterocycles. The van der Waals surface area contributed by atoms with E-state index >= 15 is 0 Å². The molecule has 0 atom stereocenters. The van der Waals surface area contributed by atoms with Gasteiger partial charge in [0, 0.05) is 38.3 Å². The van der Waals surface area contributed by atoms with Gasteiger partial charge in [0.25, 0.3) is 0 Å². The van der Waals surface area contributed by atoms with Crippen molar-refractivity contribution >= 4 is 11.2 Å². The van der Waals surface area contributed by atoms with E-state index in [0.717, 1.165) is 61.1 Å². The summed E-state index contributed by atoms with van der Waals surface area (Å²) in [4.78, 5) is 18.8. The lowest BCUT2D eigenvalue weighted by atomic mass is 10.1. The van der Waals surface area contributed by atoms with Crippen molar-refractivity contribution in [3.05, 3.63) is 66.0 Å². The van der Waals surface area contributed by atoms with E-state index in [1.807, 2.05) is 26.0 Å². The van der Waals surface area contributed by atoms with Crippen molar-refractivity contribution in [2.45, 2.75) is 33.4 Å². The predicted octanol–water partition coefficient (Wildman–Crippen LogP) is 4.26. The van der Waals surface area contributed by atoms with Gasteiger partial charge in [-0.3, -0.25) is 4.90 Å². The van der Waals surface area contributed by atoms with E-state index < -0.39 is 0 Å². The molecule has 0 unspecified atom stereocenters. The van der Waals surface area contributed by atoms with Gasteiger partial charge >= 0.3 is 0 Å². The standard InChI is InChI=1S/C29H36N6O2/c1-21(2)37-29-26-28(30-20-31-29)35(19-23-8-6-5-7-9-23)27(32-26)25-11-10-24(18-22(25)3)36-17-16-34-14-12-33(4)13-15-34/h5-11,18,20-21H,12-17,19H2,1-4H3. The highest BCUT2D eigenvalue weighted by Crippen LogP contribution is 2.32. The molecule has 0 aliphatic carbocycles. The topological polar surface area (TPSA) is 68.5 Å². The maximum Gasteiger partial charge on any atom is 0.245 e. The van der Waals surface area contributed by atoms with Gasteiger partial charge in [-0.05, 0) is 57.1 Å². The van der Waals surface area contributed by atoms with Crippen LogP contribution in [0.4, 0.5) is 0 Å². The molecule has 4 aromatic rings. The maximum absolute atomic E-state index is 6.13. The van der Waals surface area contributed by atoms with Crippen LogP contribution in [0.1, 0.15) is 25.0 Å². The molecule has 1 saturated heterocycles. The fraction of sp³-hybridized carbons (Fsp3) is 0.414. The normalized spacial score (nSPS) is 14.9. The monoisotopic (exact) mass is 500 g/mol. The zero-order valence-corrected chi connectivity index (χ0v) is 22.2. The van der Waals surface area contributed by atoms with Crippen LogP contribution in [-0.4, -0.2) is 81.8 Å². The van der Waals surface area contributed by atoms with Crippen LogP contribution >= 0.6 is 0 Å². The van der Waals surface area contributed by atoms with Crippen LogP contribution in [0, 0.1) is 6.92 Å². The lowest BCUT2D eigenvalue weighted by Crippen LogP contribution is -2.45. The second kappa shape index (κ2) is 11.3. The second-order valence-electron chi connectivity index (χ2n) is 9.99. The first-order chi connectivity index (χ1) is 18.0. The van der Waals surface area contributed by atoms with Crippen LogP contribution in [0.5, 0.6) is 11.6 Å². The highest BCUT2D eigenvalue weighted by molar-refractivity contribution is 5.82. The van der Waals surface area contributed by atoms with Crippen molar-refractivity contribution in [3.63, 3.8) is 0 Å². The highest BCUT2D eigenvalue weighted by Gasteiger charge is 2.20. The summed E-state index contributed by atoms with van der Waals surface area (Å²) < 4.78 is 14.3. The van der Waals surface area contributed by atoms with E-state index in [4.69, 9.17) is 14.5 Å². The molecule has 0 spiro atoms. The van der Waals surface area contributed by atoms with Gasteiger partial charge < -0.3 is 18.9 Å². The van der Waals surface area contributed by atoms with Gasteiger partial charge in [-0.1, -0.05) is 30.3 Å². The molecular formula is C29H36N6O2. The van der Waals surface area contributed by atoms with E-state index in [-0.39, 0.29) is 6.10 Å². The van der Waals surface area contributed by atoms with Gasteiger partial charge in [-0.25, -0.2) is 9.97 Å². The number of imidazole rings is 1. The van der Waals surface area contributed by atoms with Crippen molar-refractivity contribution in [3.8, 4) is 23.0 Å². The predicted molar refractivity (Wildman–Crippen MR) is 146 cm³/mol. The van der Waals surface area contributed by atoms with Crippen LogP contribution in [0.25, 0.3) is 22.6 Å². The summed E-state index contributed by atoms with van der Waals surface area (Å²) in [7, 11) is 2.18. The number of benzene rings is 2. The first-order valence-electron chi connectivity index (χ1n) is 13.0. The van der Waals surface area contributed by atoms with Crippen LogP contribution in [0.15, 0.2) is 54.9 Å². The minimum Gasteiger partial charge on any atom is -0.492 e. The Morgan fingerprint density at radius 2 is 1.76 bits per heavy atom. The van der Waals surface area contributed by atoms with Gasteiger partial charge in [0.1, 0.15) is 24.5 Å². The summed E-state index contributed by atoms with van der Waals surface area (Å²) in [5, 5.41) is 0. The molecule has 0 bridgehead atoms. The van der Waals surface area contributed by atoms with Crippen LogP contribution in [0.2, 0.25) is 0 Å². The van der Waals surface area contributed by atoms with E-state index in [9.17, 15) is 0 Å². The van der Waals surface area contributed by atoms with Gasteiger partial charge in [0.2, 0.25) is 5.88 Å². The Hall–Kier alpha value is -3.49. The molecule has 194 valence electrons. The molecule has 1 fully saturated rings. The van der Waals surface area contributed by atoms with Crippen molar-refractivity contribution in [1.29, 1.82) is 0 Å². The quantitative estimate of drug-likeness (QED) is 0.340. The van der Waals surface area contributed by atoms with Gasteiger partial charge in [-0.2, -0.15) is 4.98 Å². The van der Waals surface area contributed by atoms with Crippen molar-refractivity contribution in [2.24, 2.45) is 0 Å². The molecule has 5 rings (SSSR count). The number of hydrogen-bond acceptors (Lipinski definition) is 7. The highest BCUT2D eigenvalue weighted by atomic mass is 16.5. The average molecular weight is 501 g/mol. The first kappa shape index (κ1) is 25.2. The van der Waals surface area contributed by atoms with Crippen LogP contribution in [-0.2, 0) is 6.54 Å². The summed E-state index contributed by atoms with van der Waals surface area (Å²) in [6.45, 7) is 12.8. The Kier molecular flexibility index (Phi) is 7.67. The van der Waals surface area contributed by atoms with Crippen molar-refractivity contribution < 1.29 is 9.47 Å². The average Bonchev–Trinajstić information content (AvgIpc) is 3.24. The number of fused-ring (bicyclic) bond motifs is 1. The number of ether oxygens (including phenoxy) is 2. The molecule has 8 heteroatoms. The van der Waals surface area contributed by atoms with Crippen molar-refractivity contribution in [2.75, 3.05) is 46.4 Å². The number of piperazine rings is 1. The fourth-order valence-corrected chi connectivity index (χ4v) is 4.69. The molecule has 3 heterocycles. The molecule has 0 amide bonds. The number of hydrogen-bond donors (Lipinski definition) is 0. The molecule has 8 nitrogen and oxygen atoms in total. The minimum atomic E-state index is -0.00941. The Morgan fingerprint density at radius 3 is 2.49 bits per heavy atom.